The predicted octanol–water partition coefficient (Wildman–Crippen LogP) is 3.43. The minimum absolute atomic E-state index is 0.0154. The smallest absolute Gasteiger partial charge is 0.148 e. The molecule has 1 rings (SSSR count). The van der Waals surface area contributed by atoms with Gasteiger partial charge in [0.05, 0.1) is 6.42 Å². The normalized spacial score (nSPS) is 25.9. The van der Waals surface area contributed by atoms with E-state index < -0.39 is 0 Å². The molecule has 0 bridgehead atoms. The van der Waals surface area contributed by atoms with E-state index in [9.17, 15) is 4.79 Å². The molecule has 0 spiro atoms. The average molecular weight is 206 g/mol. The molecular weight excluding hydrogens is 184 g/mol. The van der Waals surface area contributed by atoms with Crippen LogP contribution in [0.3, 0.4) is 0 Å². The standard InChI is InChI=1S/C14H22O/c1-11-7-5-8-12(11)13(15)9-6-10-14(2,3)4/h11-12H,5,7-9H2,1-4H3. The molecular formula is C14H22O. The van der Waals surface area contributed by atoms with Crippen molar-refractivity contribution in [2.75, 3.05) is 0 Å². The van der Waals surface area contributed by atoms with Gasteiger partial charge >= 0.3 is 0 Å². The second-order valence-corrected chi connectivity index (χ2v) is 5.71. The molecule has 1 aliphatic rings. The maximum atomic E-state index is 11.8. The summed E-state index contributed by atoms with van der Waals surface area (Å²) in [5.41, 5.74) is 0.0154. The molecule has 84 valence electrons. The number of carbonyl (C=O) groups is 1. The van der Waals surface area contributed by atoms with Gasteiger partial charge in [-0.3, -0.25) is 4.79 Å². The summed E-state index contributed by atoms with van der Waals surface area (Å²) >= 11 is 0. The van der Waals surface area contributed by atoms with Gasteiger partial charge < -0.3 is 0 Å². The van der Waals surface area contributed by atoms with Crippen molar-refractivity contribution in [1.29, 1.82) is 0 Å². The van der Waals surface area contributed by atoms with Crippen molar-refractivity contribution in [2.24, 2.45) is 17.3 Å². The molecule has 0 radical (unpaired) electrons. The SMILES string of the molecule is CC1CCCC1C(=O)CC#CC(C)(C)C. The number of carbonyl (C=O) groups excluding carboxylic acids is 1. The van der Waals surface area contributed by atoms with E-state index >= 15 is 0 Å². The Bertz CT molecular complexity index is 285. The molecule has 0 amide bonds. The quantitative estimate of drug-likeness (QED) is 0.633. The topological polar surface area (TPSA) is 17.1 Å². The van der Waals surface area contributed by atoms with E-state index in [2.05, 4.69) is 39.5 Å². The third-order valence-corrected chi connectivity index (χ3v) is 3.00. The molecule has 0 N–H and O–H groups in total. The van der Waals surface area contributed by atoms with Crippen molar-refractivity contribution < 1.29 is 4.79 Å². The average Bonchev–Trinajstić information content (AvgIpc) is 2.48. The Morgan fingerprint density at radius 2 is 2.00 bits per heavy atom. The Morgan fingerprint density at radius 3 is 2.47 bits per heavy atom. The fourth-order valence-electron chi connectivity index (χ4n) is 2.15. The molecule has 0 heterocycles. The van der Waals surface area contributed by atoms with Gasteiger partial charge in [0.1, 0.15) is 5.78 Å². The van der Waals surface area contributed by atoms with Gasteiger partial charge in [-0.1, -0.05) is 25.2 Å². The van der Waals surface area contributed by atoms with Crippen molar-refractivity contribution in [3.8, 4) is 11.8 Å². The largest absolute Gasteiger partial charge is 0.298 e. The van der Waals surface area contributed by atoms with Crippen LogP contribution in [0.5, 0.6) is 0 Å². The van der Waals surface area contributed by atoms with Crippen LogP contribution < -0.4 is 0 Å². The van der Waals surface area contributed by atoms with Crippen molar-refractivity contribution in [1.82, 2.24) is 0 Å². The monoisotopic (exact) mass is 206 g/mol. The van der Waals surface area contributed by atoms with Crippen LogP contribution in [0.15, 0.2) is 0 Å². The highest BCUT2D eigenvalue weighted by molar-refractivity contribution is 5.83. The van der Waals surface area contributed by atoms with E-state index in [1.54, 1.807) is 0 Å². The summed E-state index contributed by atoms with van der Waals surface area (Å²) in [5, 5.41) is 0. The lowest BCUT2D eigenvalue weighted by atomic mass is 9.91. The molecule has 1 aliphatic carbocycles. The number of rotatable bonds is 2. The van der Waals surface area contributed by atoms with Gasteiger partial charge in [0.2, 0.25) is 0 Å². The lowest BCUT2D eigenvalue weighted by Crippen LogP contribution is -2.16. The number of ketones is 1. The van der Waals surface area contributed by atoms with Gasteiger partial charge in [-0.05, 0) is 39.5 Å². The second kappa shape index (κ2) is 4.84. The van der Waals surface area contributed by atoms with Crippen molar-refractivity contribution in [2.45, 2.75) is 53.4 Å². The Kier molecular flexibility index (Phi) is 3.97. The molecule has 2 unspecified atom stereocenters. The fourth-order valence-corrected chi connectivity index (χ4v) is 2.15. The second-order valence-electron chi connectivity index (χ2n) is 5.71. The third kappa shape index (κ3) is 4.08. The summed E-state index contributed by atoms with van der Waals surface area (Å²) in [6, 6.07) is 0. The molecule has 1 heteroatoms. The maximum absolute atomic E-state index is 11.8. The van der Waals surface area contributed by atoms with Gasteiger partial charge in [0.25, 0.3) is 0 Å². The first-order valence-electron chi connectivity index (χ1n) is 5.93. The Morgan fingerprint density at radius 1 is 1.33 bits per heavy atom. The Hall–Kier alpha value is -0.770. The molecule has 0 aromatic carbocycles. The molecule has 1 saturated carbocycles. The third-order valence-electron chi connectivity index (χ3n) is 3.00. The van der Waals surface area contributed by atoms with Crippen molar-refractivity contribution in [3.63, 3.8) is 0 Å². The van der Waals surface area contributed by atoms with Gasteiger partial charge in [0, 0.05) is 11.3 Å². The van der Waals surface area contributed by atoms with Crippen LogP contribution in [0.4, 0.5) is 0 Å². The van der Waals surface area contributed by atoms with Gasteiger partial charge in [-0.15, -0.1) is 0 Å². The van der Waals surface area contributed by atoms with E-state index in [-0.39, 0.29) is 5.41 Å². The van der Waals surface area contributed by atoms with Crippen LogP contribution in [-0.2, 0) is 4.79 Å². The minimum Gasteiger partial charge on any atom is -0.298 e. The molecule has 1 fully saturated rings. The molecule has 0 aromatic rings. The first-order chi connectivity index (χ1) is 6.90. The first kappa shape index (κ1) is 12.3. The van der Waals surface area contributed by atoms with Crippen LogP contribution in [0.25, 0.3) is 0 Å². The highest BCUT2D eigenvalue weighted by Gasteiger charge is 2.28. The minimum atomic E-state index is 0.0154. The summed E-state index contributed by atoms with van der Waals surface area (Å²) in [4.78, 5) is 11.8. The Labute approximate surface area is 93.6 Å². The zero-order valence-corrected chi connectivity index (χ0v) is 10.4. The van der Waals surface area contributed by atoms with Gasteiger partial charge in [0.15, 0.2) is 0 Å². The zero-order chi connectivity index (χ0) is 11.5. The van der Waals surface area contributed by atoms with E-state index in [0.717, 1.165) is 6.42 Å². The highest BCUT2D eigenvalue weighted by Crippen LogP contribution is 2.32. The molecule has 0 aliphatic heterocycles. The summed E-state index contributed by atoms with van der Waals surface area (Å²) < 4.78 is 0. The molecule has 1 nitrogen and oxygen atoms in total. The van der Waals surface area contributed by atoms with E-state index in [0.29, 0.717) is 24.0 Å². The number of Topliss-reactive ketones (excluding diaryl/α,β-unsaturated/α-hetero) is 1. The molecule has 0 aromatic heterocycles. The van der Waals surface area contributed by atoms with E-state index in [1.807, 2.05) is 0 Å². The number of hydrogen-bond donors (Lipinski definition) is 0. The van der Waals surface area contributed by atoms with Gasteiger partial charge in [-0.25, -0.2) is 0 Å². The predicted molar refractivity (Wildman–Crippen MR) is 63.4 cm³/mol. The van der Waals surface area contributed by atoms with E-state index in [1.165, 1.54) is 12.8 Å². The molecule has 2 atom stereocenters. The lowest BCUT2D eigenvalue weighted by molar-refractivity contribution is -0.122. The van der Waals surface area contributed by atoms with Crippen LogP contribution in [0, 0.1) is 29.1 Å². The van der Waals surface area contributed by atoms with Crippen LogP contribution in [0.1, 0.15) is 53.4 Å². The Balaban J connectivity index is 2.45. The summed E-state index contributed by atoms with van der Waals surface area (Å²) in [6.45, 7) is 8.40. The first-order valence-corrected chi connectivity index (χ1v) is 5.93. The summed E-state index contributed by atoms with van der Waals surface area (Å²) in [5.74, 6) is 7.37. The maximum Gasteiger partial charge on any atom is 0.148 e. The van der Waals surface area contributed by atoms with Crippen LogP contribution >= 0.6 is 0 Å². The van der Waals surface area contributed by atoms with Crippen LogP contribution in [-0.4, -0.2) is 5.78 Å². The fraction of sp³-hybridized carbons (Fsp3) is 0.786. The highest BCUT2D eigenvalue weighted by atomic mass is 16.1. The van der Waals surface area contributed by atoms with Crippen LogP contribution in [0.2, 0.25) is 0 Å². The van der Waals surface area contributed by atoms with E-state index in [4.69, 9.17) is 0 Å². The number of hydrogen-bond acceptors (Lipinski definition) is 1. The molecule has 0 saturated heterocycles. The van der Waals surface area contributed by atoms with Crippen molar-refractivity contribution in [3.05, 3.63) is 0 Å². The zero-order valence-electron chi connectivity index (χ0n) is 10.4. The summed E-state index contributed by atoms with van der Waals surface area (Å²) in [7, 11) is 0. The van der Waals surface area contributed by atoms with Crippen molar-refractivity contribution >= 4 is 5.78 Å². The lowest BCUT2D eigenvalue weighted by Gasteiger charge is -2.12. The summed E-state index contributed by atoms with van der Waals surface area (Å²) in [6.07, 6.45) is 3.96. The molecule has 15 heavy (non-hydrogen) atoms. The van der Waals surface area contributed by atoms with Gasteiger partial charge in [-0.2, -0.15) is 0 Å².